The van der Waals surface area contributed by atoms with E-state index in [1.54, 1.807) is 0 Å². The number of hydrogen-bond donors (Lipinski definition) is 0. The number of halogens is 1. The molecule has 110 valence electrons. The van der Waals surface area contributed by atoms with E-state index < -0.39 is 0 Å². The maximum atomic E-state index is 6.01. The van der Waals surface area contributed by atoms with Crippen LogP contribution in [0.4, 0.5) is 0 Å². The number of aryl methyl sites for hydroxylation is 2. The minimum atomic E-state index is 0.445. The van der Waals surface area contributed by atoms with Crippen molar-refractivity contribution in [3.63, 3.8) is 0 Å². The highest BCUT2D eigenvalue weighted by molar-refractivity contribution is 6.16. The Morgan fingerprint density at radius 1 is 1.35 bits per heavy atom. The van der Waals surface area contributed by atoms with Crippen LogP contribution in [0.5, 0.6) is 0 Å². The van der Waals surface area contributed by atoms with Crippen LogP contribution in [0.15, 0.2) is 18.2 Å². The Balaban J connectivity index is 2.04. The van der Waals surface area contributed by atoms with Crippen LogP contribution in [0.25, 0.3) is 11.0 Å². The van der Waals surface area contributed by atoms with Crippen LogP contribution in [0, 0.1) is 12.8 Å². The zero-order chi connectivity index (χ0) is 14.5. The molecule has 0 bridgehead atoms. The summed E-state index contributed by atoms with van der Waals surface area (Å²) in [4.78, 5) is 4.61. The highest BCUT2D eigenvalue weighted by Gasteiger charge is 2.09. The van der Waals surface area contributed by atoms with Gasteiger partial charge < -0.3 is 9.30 Å². The van der Waals surface area contributed by atoms with Crippen molar-refractivity contribution in [1.82, 2.24) is 9.55 Å². The minimum Gasteiger partial charge on any atom is -0.381 e. The Morgan fingerprint density at radius 2 is 2.15 bits per heavy atom. The second-order valence-electron chi connectivity index (χ2n) is 5.63. The number of ether oxygens (including phenoxy) is 1. The number of rotatable bonds is 7. The summed E-state index contributed by atoms with van der Waals surface area (Å²) in [7, 11) is 0. The molecule has 20 heavy (non-hydrogen) atoms. The van der Waals surface area contributed by atoms with Crippen molar-refractivity contribution in [3.05, 3.63) is 29.6 Å². The standard InChI is InChI=1S/C16H23ClN2O/c1-12(2)11-20-8-4-7-19-15-6-5-13(3)9-14(15)18-16(19)10-17/h5-6,9,12H,4,7-8,10-11H2,1-3H3. The fraction of sp³-hybridized carbons (Fsp3) is 0.562. The lowest BCUT2D eigenvalue weighted by Gasteiger charge is -2.09. The van der Waals surface area contributed by atoms with Gasteiger partial charge in [-0.15, -0.1) is 11.6 Å². The summed E-state index contributed by atoms with van der Waals surface area (Å²) >= 11 is 6.01. The monoisotopic (exact) mass is 294 g/mol. The van der Waals surface area contributed by atoms with Crippen LogP contribution >= 0.6 is 11.6 Å². The molecule has 1 aromatic heterocycles. The van der Waals surface area contributed by atoms with E-state index in [0.717, 1.165) is 43.0 Å². The Hall–Kier alpha value is -1.06. The molecule has 1 heterocycles. The third-order valence-electron chi connectivity index (χ3n) is 3.22. The van der Waals surface area contributed by atoms with E-state index in [4.69, 9.17) is 16.3 Å². The van der Waals surface area contributed by atoms with Gasteiger partial charge in [0.2, 0.25) is 0 Å². The van der Waals surface area contributed by atoms with Crippen LogP contribution in [0.3, 0.4) is 0 Å². The van der Waals surface area contributed by atoms with Crippen molar-refractivity contribution in [2.75, 3.05) is 13.2 Å². The Bertz CT molecular complexity index is 563. The van der Waals surface area contributed by atoms with Gasteiger partial charge in [-0.2, -0.15) is 0 Å². The van der Waals surface area contributed by atoms with E-state index in [0.29, 0.717) is 11.8 Å². The van der Waals surface area contributed by atoms with Gasteiger partial charge in [-0.25, -0.2) is 4.98 Å². The average Bonchev–Trinajstić information content (AvgIpc) is 2.75. The molecule has 1 aromatic carbocycles. The summed E-state index contributed by atoms with van der Waals surface area (Å²) in [6, 6.07) is 6.35. The third kappa shape index (κ3) is 3.74. The lowest BCUT2D eigenvalue weighted by atomic mass is 10.2. The minimum absolute atomic E-state index is 0.445. The number of aromatic nitrogens is 2. The van der Waals surface area contributed by atoms with Gasteiger partial charge in [0.05, 0.1) is 16.9 Å². The van der Waals surface area contributed by atoms with Crippen molar-refractivity contribution < 1.29 is 4.74 Å². The predicted octanol–water partition coefficient (Wildman–Crippen LogP) is 4.15. The van der Waals surface area contributed by atoms with E-state index in [1.165, 1.54) is 5.56 Å². The second-order valence-corrected chi connectivity index (χ2v) is 5.90. The fourth-order valence-electron chi connectivity index (χ4n) is 2.28. The van der Waals surface area contributed by atoms with Crippen molar-refractivity contribution in [2.24, 2.45) is 5.92 Å². The summed E-state index contributed by atoms with van der Waals surface area (Å²) in [6.07, 6.45) is 0.982. The molecule has 0 saturated carbocycles. The Morgan fingerprint density at radius 3 is 2.85 bits per heavy atom. The SMILES string of the molecule is Cc1ccc2c(c1)nc(CCl)n2CCCOCC(C)C. The maximum Gasteiger partial charge on any atom is 0.124 e. The van der Waals surface area contributed by atoms with Gasteiger partial charge >= 0.3 is 0 Å². The van der Waals surface area contributed by atoms with Gasteiger partial charge in [0.25, 0.3) is 0 Å². The number of alkyl halides is 1. The molecule has 0 aliphatic carbocycles. The molecular weight excluding hydrogens is 272 g/mol. The first-order chi connectivity index (χ1) is 9.61. The molecular formula is C16H23ClN2O. The number of hydrogen-bond acceptors (Lipinski definition) is 2. The molecule has 0 spiro atoms. The molecule has 0 unspecified atom stereocenters. The molecule has 0 saturated heterocycles. The van der Waals surface area contributed by atoms with Crippen LogP contribution in [0.2, 0.25) is 0 Å². The molecule has 3 nitrogen and oxygen atoms in total. The smallest absolute Gasteiger partial charge is 0.124 e. The van der Waals surface area contributed by atoms with Crippen LogP contribution in [-0.4, -0.2) is 22.8 Å². The zero-order valence-corrected chi connectivity index (χ0v) is 13.3. The van der Waals surface area contributed by atoms with E-state index in [2.05, 4.69) is 48.5 Å². The molecule has 0 atom stereocenters. The van der Waals surface area contributed by atoms with Gasteiger partial charge in [-0.05, 0) is 37.0 Å². The van der Waals surface area contributed by atoms with Crippen LogP contribution in [-0.2, 0) is 17.2 Å². The third-order valence-corrected chi connectivity index (χ3v) is 3.46. The Labute approximate surface area is 125 Å². The van der Waals surface area contributed by atoms with Gasteiger partial charge in [-0.3, -0.25) is 0 Å². The van der Waals surface area contributed by atoms with Crippen molar-refractivity contribution in [3.8, 4) is 0 Å². The zero-order valence-electron chi connectivity index (χ0n) is 12.5. The lowest BCUT2D eigenvalue weighted by Crippen LogP contribution is -2.08. The van der Waals surface area contributed by atoms with Gasteiger partial charge in [0.15, 0.2) is 0 Å². The van der Waals surface area contributed by atoms with Gasteiger partial charge in [0.1, 0.15) is 5.82 Å². The first-order valence-electron chi connectivity index (χ1n) is 7.21. The van der Waals surface area contributed by atoms with Gasteiger partial charge in [0, 0.05) is 19.8 Å². The molecule has 0 amide bonds. The molecule has 0 N–H and O–H groups in total. The normalized spacial score (nSPS) is 11.7. The summed E-state index contributed by atoms with van der Waals surface area (Å²) in [5, 5.41) is 0. The van der Waals surface area contributed by atoms with E-state index in [-0.39, 0.29) is 0 Å². The second kappa shape index (κ2) is 7.09. The maximum absolute atomic E-state index is 6.01. The summed E-state index contributed by atoms with van der Waals surface area (Å²) in [5.74, 6) is 1.97. The summed E-state index contributed by atoms with van der Waals surface area (Å²) in [6.45, 7) is 8.92. The topological polar surface area (TPSA) is 27.1 Å². The number of nitrogens with zero attached hydrogens (tertiary/aromatic N) is 2. The summed E-state index contributed by atoms with van der Waals surface area (Å²) < 4.78 is 7.84. The first kappa shape index (κ1) is 15.3. The average molecular weight is 295 g/mol. The molecule has 0 aliphatic heterocycles. The fourth-order valence-corrected chi connectivity index (χ4v) is 2.49. The highest BCUT2D eigenvalue weighted by Crippen LogP contribution is 2.19. The highest BCUT2D eigenvalue weighted by atomic mass is 35.5. The Kier molecular flexibility index (Phi) is 5.44. The largest absolute Gasteiger partial charge is 0.381 e. The van der Waals surface area contributed by atoms with Crippen LogP contribution in [0.1, 0.15) is 31.7 Å². The lowest BCUT2D eigenvalue weighted by molar-refractivity contribution is 0.105. The number of benzene rings is 1. The molecule has 0 fully saturated rings. The van der Waals surface area contributed by atoms with E-state index >= 15 is 0 Å². The molecule has 2 aromatic rings. The number of imidazole rings is 1. The first-order valence-corrected chi connectivity index (χ1v) is 7.74. The molecule has 2 rings (SSSR count). The van der Waals surface area contributed by atoms with Gasteiger partial charge in [-0.1, -0.05) is 19.9 Å². The van der Waals surface area contributed by atoms with E-state index in [1.807, 2.05) is 0 Å². The molecule has 0 aliphatic rings. The molecule has 0 radical (unpaired) electrons. The summed E-state index contributed by atoms with van der Waals surface area (Å²) in [5.41, 5.74) is 3.42. The van der Waals surface area contributed by atoms with Crippen molar-refractivity contribution in [2.45, 2.75) is 39.6 Å². The predicted molar refractivity (Wildman–Crippen MR) is 84.3 cm³/mol. The van der Waals surface area contributed by atoms with Crippen LogP contribution < -0.4 is 0 Å². The molecule has 4 heteroatoms. The van der Waals surface area contributed by atoms with Crippen molar-refractivity contribution in [1.29, 1.82) is 0 Å². The quantitative estimate of drug-likeness (QED) is 0.567. The van der Waals surface area contributed by atoms with Crippen molar-refractivity contribution >= 4 is 22.6 Å². The van der Waals surface area contributed by atoms with E-state index in [9.17, 15) is 0 Å². The number of fused-ring (bicyclic) bond motifs is 1.